The fourth-order valence-corrected chi connectivity index (χ4v) is 2.25. The van der Waals surface area contributed by atoms with Gasteiger partial charge in [0.25, 0.3) is 0 Å². The molecule has 0 aliphatic heterocycles. The predicted molar refractivity (Wildman–Crippen MR) is 80.7 cm³/mol. The van der Waals surface area contributed by atoms with Crippen LogP contribution in [0.5, 0.6) is 5.75 Å². The summed E-state index contributed by atoms with van der Waals surface area (Å²) in [4.78, 5) is 0. The summed E-state index contributed by atoms with van der Waals surface area (Å²) in [7, 11) is 0. The van der Waals surface area contributed by atoms with Crippen LogP contribution in [0.15, 0.2) is 22.7 Å². The fraction of sp³-hybridized carbons (Fsp3) is 0.462. The third-order valence-corrected chi connectivity index (χ3v) is 3.36. The van der Waals surface area contributed by atoms with Gasteiger partial charge in [0.2, 0.25) is 5.95 Å². The molecule has 108 valence electrons. The lowest BCUT2D eigenvalue weighted by Gasteiger charge is -2.10. The third kappa shape index (κ3) is 3.69. The number of halogens is 1. The number of ether oxygens (including phenoxy) is 1. The number of anilines is 1. The molecular weight excluding hydrogens is 322 g/mol. The molecule has 0 aliphatic rings. The van der Waals surface area contributed by atoms with Gasteiger partial charge in [0.05, 0.1) is 11.1 Å². The van der Waals surface area contributed by atoms with E-state index in [4.69, 9.17) is 4.74 Å². The summed E-state index contributed by atoms with van der Waals surface area (Å²) in [5.74, 6) is 1.55. The van der Waals surface area contributed by atoms with Crippen LogP contribution < -0.4 is 10.1 Å². The van der Waals surface area contributed by atoms with E-state index in [0.29, 0.717) is 12.5 Å². The molecule has 6 nitrogen and oxygen atoms in total. The largest absolute Gasteiger partial charge is 0.492 e. The first-order chi connectivity index (χ1) is 9.74. The Hall–Kier alpha value is -1.63. The first-order valence-corrected chi connectivity index (χ1v) is 7.45. The maximum atomic E-state index is 5.62. The van der Waals surface area contributed by atoms with E-state index in [1.165, 1.54) is 0 Å². The van der Waals surface area contributed by atoms with E-state index in [-0.39, 0.29) is 0 Å². The lowest BCUT2D eigenvalue weighted by molar-refractivity contribution is 0.315. The van der Waals surface area contributed by atoms with Gasteiger partial charge in [-0.2, -0.15) is 0 Å². The highest BCUT2D eigenvalue weighted by atomic mass is 79.9. The molecule has 0 saturated heterocycles. The standard InChI is InChI=1S/C13H18BrN5O/c1-3-7-20-12-6-5-10(8-11(12)14)9-15-13-16-17-18-19(13)4-2/h5-6,8H,3-4,7,9H2,1-2H3,(H,15,16,18). The molecule has 1 aromatic carbocycles. The fourth-order valence-electron chi connectivity index (χ4n) is 1.71. The van der Waals surface area contributed by atoms with E-state index in [0.717, 1.165) is 35.4 Å². The van der Waals surface area contributed by atoms with Gasteiger partial charge in [0.15, 0.2) is 0 Å². The van der Waals surface area contributed by atoms with Crippen molar-refractivity contribution >= 4 is 21.9 Å². The van der Waals surface area contributed by atoms with E-state index >= 15 is 0 Å². The lowest BCUT2D eigenvalue weighted by Crippen LogP contribution is -2.08. The molecule has 1 heterocycles. The van der Waals surface area contributed by atoms with Gasteiger partial charge in [-0.05, 0) is 57.4 Å². The summed E-state index contributed by atoms with van der Waals surface area (Å²) < 4.78 is 8.30. The molecule has 7 heteroatoms. The summed E-state index contributed by atoms with van der Waals surface area (Å²) in [5.41, 5.74) is 1.13. The van der Waals surface area contributed by atoms with Crippen LogP contribution in [0.3, 0.4) is 0 Å². The van der Waals surface area contributed by atoms with E-state index in [2.05, 4.69) is 43.7 Å². The highest BCUT2D eigenvalue weighted by Gasteiger charge is 2.05. The van der Waals surface area contributed by atoms with Crippen molar-refractivity contribution in [2.45, 2.75) is 33.4 Å². The van der Waals surface area contributed by atoms with Gasteiger partial charge in [0.1, 0.15) is 5.75 Å². The molecule has 0 amide bonds. The zero-order chi connectivity index (χ0) is 14.4. The second kappa shape index (κ2) is 7.23. The Kier molecular flexibility index (Phi) is 5.34. The smallest absolute Gasteiger partial charge is 0.243 e. The number of nitrogens with one attached hydrogen (secondary N) is 1. The molecule has 1 N–H and O–H groups in total. The third-order valence-electron chi connectivity index (χ3n) is 2.74. The van der Waals surface area contributed by atoms with Crippen molar-refractivity contribution < 1.29 is 4.74 Å². The van der Waals surface area contributed by atoms with Crippen molar-refractivity contribution in [3.63, 3.8) is 0 Å². The maximum absolute atomic E-state index is 5.62. The number of aryl methyl sites for hydroxylation is 1. The topological polar surface area (TPSA) is 64.9 Å². The number of aromatic nitrogens is 4. The average Bonchev–Trinajstić information content (AvgIpc) is 2.91. The number of rotatable bonds is 7. The zero-order valence-corrected chi connectivity index (χ0v) is 13.2. The highest BCUT2D eigenvalue weighted by Crippen LogP contribution is 2.26. The number of tetrazole rings is 1. The predicted octanol–water partition coefficient (Wildman–Crippen LogP) is 2.86. The Balaban J connectivity index is 1.98. The van der Waals surface area contributed by atoms with Gasteiger partial charge < -0.3 is 10.1 Å². The molecule has 0 radical (unpaired) electrons. The number of benzene rings is 1. The van der Waals surface area contributed by atoms with Crippen molar-refractivity contribution in [3.8, 4) is 5.75 Å². The highest BCUT2D eigenvalue weighted by molar-refractivity contribution is 9.10. The van der Waals surface area contributed by atoms with Crippen LogP contribution in [0, 0.1) is 0 Å². The number of hydrogen-bond donors (Lipinski definition) is 1. The van der Waals surface area contributed by atoms with Gasteiger partial charge in [-0.3, -0.25) is 0 Å². The van der Waals surface area contributed by atoms with Gasteiger partial charge in [-0.15, -0.1) is 0 Å². The molecule has 20 heavy (non-hydrogen) atoms. The minimum atomic E-state index is 0.660. The number of hydrogen-bond acceptors (Lipinski definition) is 5. The zero-order valence-electron chi connectivity index (χ0n) is 11.6. The Morgan fingerprint density at radius 3 is 2.90 bits per heavy atom. The van der Waals surface area contributed by atoms with Gasteiger partial charge in [0, 0.05) is 13.1 Å². The Morgan fingerprint density at radius 1 is 1.35 bits per heavy atom. The number of nitrogens with zero attached hydrogens (tertiary/aromatic N) is 4. The van der Waals surface area contributed by atoms with Crippen molar-refractivity contribution in [2.75, 3.05) is 11.9 Å². The van der Waals surface area contributed by atoms with Crippen LogP contribution >= 0.6 is 15.9 Å². The molecule has 0 unspecified atom stereocenters. The van der Waals surface area contributed by atoms with Crippen molar-refractivity contribution in [3.05, 3.63) is 28.2 Å². The molecule has 0 fully saturated rings. The molecule has 0 bridgehead atoms. The van der Waals surface area contributed by atoms with E-state index in [1.807, 2.05) is 25.1 Å². The quantitative estimate of drug-likeness (QED) is 0.840. The summed E-state index contributed by atoms with van der Waals surface area (Å²) >= 11 is 3.53. The van der Waals surface area contributed by atoms with Crippen LogP contribution in [-0.4, -0.2) is 26.8 Å². The summed E-state index contributed by atoms with van der Waals surface area (Å²) in [5, 5.41) is 14.7. The average molecular weight is 340 g/mol. The molecule has 0 spiro atoms. The second-order valence-corrected chi connectivity index (χ2v) is 5.14. The van der Waals surface area contributed by atoms with Gasteiger partial charge in [-0.1, -0.05) is 18.1 Å². The van der Waals surface area contributed by atoms with E-state index < -0.39 is 0 Å². The molecule has 0 aliphatic carbocycles. The minimum absolute atomic E-state index is 0.660. The first-order valence-electron chi connectivity index (χ1n) is 6.65. The summed E-state index contributed by atoms with van der Waals surface area (Å²) in [6.07, 6.45) is 0.995. The van der Waals surface area contributed by atoms with Crippen LogP contribution in [0.2, 0.25) is 0 Å². The Bertz CT molecular complexity index is 557. The van der Waals surface area contributed by atoms with Crippen LogP contribution in [0.1, 0.15) is 25.8 Å². The van der Waals surface area contributed by atoms with Crippen LogP contribution in [0.4, 0.5) is 5.95 Å². The summed E-state index contributed by atoms with van der Waals surface area (Å²) in [6.45, 7) is 6.21. The van der Waals surface area contributed by atoms with Crippen molar-refractivity contribution in [1.29, 1.82) is 0 Å². The normalized spacial score (nSPS) is 10.6. The molecular formula is C13H18BrN5O. The first kappa shape index (κ1) is 14.8. The minimum Gasteiger partial charge on any atom is -0.492 e. The van der Waals surface area contributed by atoms with Crippen LogP contribution in [0.25, 0.3) is 0 Å². The van der Waals surface area contributed by atoms with E-state index in [1.54, 1.807) is 4.68 Å². The lowest BCUT2D eigenvalue weighted by atomic mass is 10.2. The monoisotopic (exact) mass is 339 g/mol. The van der Waals surface area contributed by atoms with Crippen LogP contribution in [-0.2, 0) is 13.1 Å². The Labute approximate surface area is 126 Å². The second-order valence-electron chi connectivity index (χ2n) is 4.29. The van der Waals surface area contributed by atoms with Gasteiger partial charge >= 0.3 is 0 Å². The SMILES string of the molecule is CCCOc1ccc(CNc2nnnn2CC)cc1Br. The molecule has 0 saturated carbocycles. The van der Waals surface area contributed by atoms with Gasteiger partial charge in [-0.25, -0.2) is 4.68 Å². The Morgan fingerprint density at radius 2 is 2.20 bits per heavy atom. The maximum Gasteiger partial charge on any atom is 0.243 e. The molecule has 1 aromatic heterocycles. The van der Waals surface area contributed by atoms with Crippen molar-refractivity contribution in [2.24, 2.45) is 0 Å². The van der Waals surface area contributed by atoms with E-state index in [9.17, 15) is 0 Å². The molecule has 0 atom stereocenters. The van der Waals surface area contributed by atoms with Crippen molar-refractivity contribution in [1.82, 2.24) is 20.2 Å². The molecule has 2 aromatic rings. The summed E-state index contributed by atoms with van der Waals surface area (Å²) in [6, 6.07) is 6.04. The molecule has 2 rings (SSSR count).